The van der Waals surface area contributed by atoms with Crippen molar-refractivity contribution >= 4 is 12.8 Å². The zero-order valence-corrected chi connectivity index (χ0v) is 8.20. The molecular weight excluding hydrogens is 180 g/mol. The third-order valence-corrected chi connectivity index (χ3v) is 2.29. The summed E-state index contributed by atoms with van der Waals surface area (Å²) < 4.78 is 1.71. The van der Waals surface area contributed by atoms with E-state index >= 15 is 0 Å². The van der Waals surface area contributed by atoms with Gasteiger partial charge < -0.3 is 0 Å². The first-order valence-corrected chi connectivity index (χ1v) is 4.46. The molecule has 0 aliphatic rings. The van der Waals surface area contributed by atoms with Crippen molar-refractivity contribution in [2.24, 2.45) is 0 Å². The molecule has 1 aromatic heterocycles. The minimum atomic E-state index is 1.02. The van der Waals surface area contributed by atoms with E-state index in [4.69, 9.17) is 0 Å². The van der Waals surface area contributed by atoms with Gasteiger partial charge in [-0.3, -0.25) is 3.97 Å². The molecular formula is C10H10N2S. The van der Waals surface area contributed by atoms with Crippen molar-refractivity contribution < 1.29 is 0 Å². The van der Waals surface area contributed by atoms with Gasteiger partial charge in [0.1, 0.15) is 6.33 Å². The maximum atomic E-state index is 4.24. The lowest BCUT2D eigenvalue weighted by Gasteiger charge is -2.00. The molecule has 2 nitrogen and oxygen atoms in total. The molecule has 3 heteroatoms. The van der Waals surface area contributed by atoms with E-state index in [9.17, 15) is 0 Å². The lowest BCUT2D eigenvalue weighted by atomic mass is 10.1. The summed E-state index contributed by atoms with van der Waals surface area (Å²) in [4.78, 5) is 4.01. The Morgan fingerprint density at radius 3 is 2.46 bits per heavy atom. The second kappa shape index (κ2) is 3.26. The number of aryl methyl sites for hydroxylation is 1. The van der Waals surface area contributed by atoms with Crippen LogP contribution in [0.15, 0.2) is 36.8 Å². The molecule has 0 amide bonds. The Bertz CT molecular complexity index is 403. The van der Waals surface area contributed by atoms with Crippen LogP contribution in [-0.4, -0.2) is 8.96 Å². The molecule has 0 fully saturated rings. The van der Waals surface area contributed by atoms with Crippen molar-refractivity contribution in [3.63, 3.8) is 0 Å². The fourth-order valence-electron chi connectivity index (χ4n) is 1.22. The Balaban J connectivity index is 2.47. The predicted octanol–water partition coefficient (Wildman–Crippen LogP) is 2.55. The predicted molar refractivity (Wildman–Crippen MR) is 56.8 cm³/mol. The number of hydrogen-bond donors (Lipinski definition) is 1. The molecule has 2 rings (SSSR count). The Morgan fingerprint density at radius 1 is 1.23 bits per heavy atom. The van der Waals surface area contributed by atoms with Crippen molar-refractivity contribution in [2.45, 2.75) is 6.92 Å². The molecule has 13 heavy (non-hydrogen) atoms. The zero-order valence-electron chi connectivity index (χ0n) is 7.31. The van der Waals surface area contributed by atoms with Crippen LogP contribution in [0.3, 0.4) is 0 Å². The van der Waals surface area contributed by atoms with Gasteiger partial charge in [-0.1, -0.05) is 42.6 Å². The highest BCUT2D eigenvalue weighted by Crippen LogP contribution is 2.19. The summed E-state index contributed by atoms with van der Waals surface area (Å²) in [6.07, 6.45) is 3.48. The lowest BCUT2D eigenvalue weighted by Crippen LogP contribution is -1.83. The van der Waals surface area contributed by atoms with Crippen LogP contribution in [0.2, 0.25) is 0 Å². The first-order chi connectivity index (χ1) is 6.27. The molecule has 0 spiro atoms. The molecule has 0 aliphatic heterocycles. The number of aromatic nitrogens is 2. The van der Waals surface area contributed by atoms with Gasteiger partial charge >= 0.3 is 0 Å². The third kappa shape index (κ3) is 1.60. The Hall–Kier alpha value is -1.22. The maximum absolute atomic E-state index is 4.24. The molecule has 0 atom stereocenters. The summed E-state index contributed by atoms with van der Waals surface area (Å²) in [6, 6.07) is 8.30. The molecule has 0 N–H and O–H groups in total. The molecule has 0 bridgehead atoms. The SMILES string of the molecule is Cc1ccc(-c2cncn2S)cc1. The highest BCUT2D eigenvalue weighted by atomic mass is 32.1. The summed E-state index contributed by atoms with van der Waals surface area (Å²) in [7, 11) is 0. The molecule has 1 aromatic carbocycles. The number of benzene rings is 1. The number of thiol groups is 1. The van der Waals surface area contributed by atoms with Gasteiger partial charge in [-0.05, 0) is 6.92 Å². The van der Waals surface area contributed by atoms with E-state index < -0.39 is 0 Å². The van der Waals surface area contributed by atoms with Gasteiger partial charge in [0.05, 0.1) is 11.9 Å². The van der Waals surface area contributed by atoms with Gasteiger partial charge in [0.2, 0.25) is 0 Å². The molecule has 0 saturated heterocycles. The van der Waals surface area contributed by atoms with Crippen LogP contribution in [0.25, 0.3) is 11.3 Å². The van der Waals surface area contributed by atoms with Gasteiger partial charge in [0.25, 0.3) is 0 Å². The average Bonchev–Trinajstić information content (AvgIpc) is 2.53. The Kier molecular flexibility index (Phi) is 2.10. The summed E-state index contributed by atoms with van der Waals surface area (Å²) in [5.74, 6) is 0. The second-order valence-corrected chi connectivity index (χ2v) is 3.42. The molecule has 2 aromatic rings. The van der Waals surface area contributed by atoms with Crippen LogP contribution in [0.4, 0.5) is 0 Å². The van der Waals surface area contributed by atoms with Crippen molar-refractivity contribution in [3.8, 4) is 11.3 Å². The van der Waals surface area contributed by atoms with Crippen LogP contribution in [0.1, 0.15) is 5.56 Å². The minimum absolute atomic E-state index is 1.02. The monoisotopic (exact) mass is 190 g/mol. The van der Waals surface area contributed by atoms with Crippen molar-refractivity contribution in [3.05, 3.63) is 42.4 Å². The zero-order chi connectivity index (χ0) is 9.26. The quantitative estimate of drug-likeness (QED) is 0.684. The van der Waals surface area contributed by atoms with E-state index in [0.717, 1.165) is 11.3 Å². The Morgan fingerprint density at radius 2 is 1.92 bits per heavy atom. The van der Waals surface area contributed by atoms with Crippen molar-refractivity contribution in [1.82, 2.24) is 8.96 Å². The molecule has 0 aliphatic carbocycles. The van der Waals surface area contributed by atoms with Gasteiger partial charge in [0, 0.05) is 5.56 Å². The van der Waals surface area contributed by atoms with Crippen LogP contribution in [0, 0.1) is 6.92 Å². The fourth-order valence-corrected chi connectivity index (χ4v) is 1.45. The first kappa shape index (κ1) is 8.38. The smallest absolute Gasteiger partial charge is 0.105 e. The molecule has 0 radical (unpaired) electrons. The van der Waals surface area contributed by atoms with E-state index in [1.165, 1.54) is 5.56 Å². The standard InChI is InChI=1S/C10H10N2S/c1-8-2-4-9(5-3-8)10-6-11-7-12(10)13/h2-7,13H,1H3. The van der Waals surface area contributed by atoms with Crippen LogP contribution in [0.5, 0.6) is 0 Å². The summed E-state index contributed by atoms with van der Waals surface area (Å²) in [6.45, 7) is 2.07. The number of rotatable bonds is 1. The number of hydrogen-bond acceptors (Lipinski definition) is 2. The largest absolute Gasteiger partial charge is 0.275 e. The summed E-state index contributed by atoms with van der Waals surface area (Å²) in [5, 5.41) is 0. The first-order valence-electron chi connectivity index (χ1n) is 4.06. The Labute approximate surface area is 82.8 Å². The highest BCUT2D eigenvalue weighted by molar-refractivity contribution is 7.78. The summed E-state index contributed by atoms with van der Waals surface area (Å²) in [5.41, 5.74) is 3.41. The second-order valence-electron chi connectivity index (χ2n) is 2.99. The van der Waals surface area contributed by atoms with Crippen molar-refractivity contribution in [1.29, 1.82) is 0 Å². The highest BCUT2D eigenvalue weighted by Gasteiger charge is 2.00. The van der Waals surface area contributed by atoms with E-state index in [1.54, 1.807) is 16.5 Å². The molecule has 0 saturated carbocycles. The summed E-state index contributed by atoms with van der Waals surface area (Å²) >= 11 is 4.24. The van der Waals surface area contributed by atoms with Crippen molar-refractivity contribution in [2.75, 3.05) is 0 Å². The van der Waals surface area contributed by atoms with Crippen LogP contribution >= 0.6 is 12.8 Å². The normalized spacial score (nSPS) is 10.3. The topological polar surface area (TPSA) is 17.8 Å². The molecule has 0 unspecified atom stereocenters. The maximum Gasteiger partial charge on any atom is 0.105 e. The van der Waals surface area contributed by atoms with Gasteiger partial charge in [-0.25, -0.2) is 4.98 Å². The van der Waals surface area contributed by atoms with Gasteiger partial charge in [-0.2, -0.15) is 0 Å². The number of nitrogens with zero attached hydrogens (tertiary/aromatic N) is 2. The fraction of sp³-hybridized carbons (Fsp3) is 0.100. The van der Waals surface area contributed by atoms with E-state index in [0.29, 0.717) is 0 Å². The third-order valence-electron chi connectivity index (χ3n) is 1.97. The number of imidazole rings is 1. The lowest BCUT2D eigenvalue weighted by molar-refractivity contribution is 1.25. The van der Waals surface area contributed by atoms with Crippen LogP contribution in [-0.2, 0) is 0 Å². The van der Waals surface area contributed by atoms with Crippen LogP contribution < -0.4 is 0 Å². The van der Waals surface area contributed by atoms with Gasteiger partial charge in [-0.15, -0.1) is 0 Å². The molecule has 1 heterocycles. The van der Waals surface area contributed by atoms with Gasteiger partial charge in [0.15, 0.2) is 0 Å². The van der Waals surface area contributed by atoms with E-state index in [-0.39, 0.29) is 0 Å². The molecule has 66 valence electrons. The minimum Gasteiger partial charge on any atom is -0.275 e. The average molecular weight is 190 g/mol. The van der Waals surface area contributed by atoms with E-state index in [2.05, 4.69) is 49.0 Å². The van der Waals surface area contributed by atoms with E-state index in [1.807, 2.05) is 0 Å².